The second kappa shape index (κ2) is 9.47. The molecule has 0 aromatic rings. The standard InChI is InChI=1S/C4H8O.Fe.O/c1-3-4(2)5;;/h3H2,1-2H3;;/q;+2;-2. The first kappa shape index (κ1) is 15.7. The number of hydrogen-bond donors (Lipinski definition) is 0. The van der Waals surface area contributed by atoms with Crippen molar-refractivity contribution < 1.29 is 27.3 Å². The molecule has 0 aliphatic heterocycles. The van der Waals surface area contributed by atoms with Crippen molar-refractivity contribution in [1.82, 2.24) is 0 Å². The van der Waals surface area contributed by atoms with Gasteiger partial charge in [-0.15, -0.1) is 0 Å². The van der Waals surface area contributed by atoms with E-state index in [9.17, 15) is 4.79 Å². The molecule has 0 aliphatic carbocycles. The SMILES string of the molecule is CCC(C)=O.[Fe+2].[O-2]. The van der Waals surface area contributed by atoms with E-state index >= 15 is 0 Å². The summed E-state index contributed by atoms with van der Waals surface area (Å²) in [7, 11) is 0. The number of carbonyl (C=O) groups excluding carboxylic acids is 1. The van der Waals surface area contributed by atoms with Gasteiger partial charge in [0, 0.05) is 6.42 Å². The van der Waals surface area contributed by atoms with Crippen LogP contribution in [0.15, 0.2) is 0 Å². The Labute approximate surface area is 54.1 Å². The Bertz CT molecular complexity index is 45.0. The van der Waals surface area contributed by atoms with Gasteiger partial charge in [-0.1, -0.05) is 6.92 Å². The summed E-state index contributed by atoms with van der Waals surface area (Å²) >= 11 is 0. The fraction of sp³-hybridized carbons (Fsp3) is 0.750. The first-order valence-corrected chi connectivity index (χ1v) is 1.76. The van der Waals surface area contributed by atoms with Gasteiger partial charge in [-0.25, -0.2) is 0 Å². The molecule has 2 nitrogen and oxygen atoms in total. The molecule has 0 saturated carbocycles. The van der Waals surface area contributed by atoms with Crippen LogP contribution in [0.1, 0.15) is 20.3 Å². The van der Waals surface area contributed by atoms with Crippen LogP contribution >= 0.6 is 0 Å². The average molecular weight is 144 g/mol. The minimum absolute atomic E-state index is 0. The molecule has 0 bridgehead atoms. The Kier molecular flexibility index (Phi) is 21.2. The molecule has 0 aromatic heterocycles. The maximum atomic E-state index is 9.81. The van der Waals surface area contributed by atoms with Crippen molar-refractivity contribution in [2.45, 2.75) is 20.3 Å². The molecule has 44 valence electrons. The Morgan fingerprint density at radius 1 is 1.57 bits per heavy atom. The quantitative estimate of drug-likeness (QED) is 0.503. The van der Waals surface area contributed by atoms with E-state index in [1.165, 1.54) is 0 Å². The number of rotatable bonds is 1. The van der Waals surface area contributed by atoms with E-state index in [0.29, 0.717) is 6.42 Å². The van der Waals surface area contributed by atoms with Crippen molar-refractivity contribution in [3.63, 3.8) is 0 Å². The van der Waals surface area contributed by atoms with Crippen LogP contribution < -0.4 is 0 Å². The molecular weight excluding hydrogens is 136 g/mol. The van der Waals surface area contributed by atoms with Crippen molar-refractivity contribution in [1.29, 1.82) is 0 Å². The van der Waals surface area contributed by atoms with Gasteiger partial charge >= 0.3 is 17.1 Å². The molecule has 0 aromatic carbocycles. The number of carbonyl (C=O) groups is 1. The smallest absolute Gasteiger partial charge is 2.00 e. The monoisotopic (exact) mass is 144 g/mol. The minimum Gasteiger partial charge on any atom is -2.00 e. The van der Waals surface area contributed by atoms with E-state index in [-0.39, 0.29) is 28.3 Å². The molecule has 0 heterocycles. The summed E-state index contributed by atoms with van der Waals surface area (Å²) in [6.45, 7) is 3.43. The molecule has 0 unspecified atom stereocenters. The maximum absolute atomic E-state index is 9.81. The maximum Gasteiger partial charge on any atom is 2.00 e. The third-order valence-electron chi connectivity index (χ3n) is 0.498. The van der Waals surface area contributed by atoms with E-state index < -0.39 is 0 Å². The fourth-order valence-electron chi connectivity index (χ4n) is 0. The molecule has 0 saturated heterocycles. The van der Waals surface area contributed by atoms with Gasteiger partial charge in [0.05, 0.1) is 0 Å². The summed E-state index contributed by atoms with van der Waals surface area (Å²) in [6, 6.07) is 0. The average Bonchev–Trinajstić information content (AvgIpc) is 1.38. The van der Waals surface area contributed by atoms with Crippen LogP contribution in [0.3, 0.4) is 0 Å². The summed E-state index contributed by atoms with van der Waals surface area (Å²) < 4.78 is 0. The predicted molar refractivity (Wildman–Crippen MR) is 21.7 cm³/mol. The van der Waals surface area contributed by atoms with Crippen molar-refractivity contribution in [2.75, 3.05) is 0 Å². The first-order valence-electron chi connectivity index (χ1n) is 1.76. The third-order valence-corrected chi connectivity index (χ3v) is 0.498. The summed E-state index contributed by atoms with van der Waals surface area (Å²) in [4.78, 5) is 9.81. The van der Waals surface area contributed by atoms with Crippen molar-refractivity contribution in [2.24, 2.45) is 0 Å². The first-order chi connectivity index (χ1) is 2.27. The summed E-state index contributed by atoms with van der Waals surface area (Å²) in [5.41, 5.74) is 0. The van der Waals surface area contributed by atoms with Gasteiger partial charge in [0.15, 0.2) is 0 Å². The zero-order valence-electron chi connectivity index (χ0n) is 4.38. The summed E-state index contributed by atoms with van der Waals surface area (Å²) in [5, 5.41) is 0. The van der Waals surface area contributed by atoms with Gasteiger partial charge in [0.1, 0.15) is 5.78 Å². The van der Waals surface area contributed by atoms with Crippen LogP contribution in [0.2, 0.25) is 0 Å². The Balaban J connectivity index is -0.0000000800. The van der Waals surface area contributed by atoms with Gasteiger partial charge in [0.25, 0.3) is 0 Å². The normalized spacial score (nSPS) is 5.43. The van der Waals surface area contributed by atoms with Gasteiger partial charge in [-0.05, 0) is 6.92 Å². The molecule has 7 heavy (non-hydrogen) atoms. The molecule has 0 atom stereocenters. The number of Topliss-reactive ketones (excluding diaryl/α,β-unsaturated/α-hetero) is 1. The van der Waals surface area contributed by atoms with Gasteiger partial charge < -0.3 is 10.3 Å². The van der Waals surface area contributed by atoms with Crippen molar-refractivity contribution >= 4 is 5.78 Å². The molecular formula is C4H8FeO2. The van der Waals surface area contributed by atoms with Crippen LogP contribution in [0.25, 0.3) is 0 Å². The van der Waals surface area contributed by atoms with Crippen LogP contribution in [0.5, 0.6) is 0 Å². The van der Waals surface area contributed by atoms with E-state index in [1.807, 2.05) is 6.92 Å². The van der Waals surface area contributed by atoms with Crippen LogP contribution in [0, 0.1) is 0 Å². The van der Waals surface area contributed by atoms with Gasteiger partial charge in [0.2, 0.25) is 0 Å². The topological polar surface area (TPSA) is 45.6 Å². The van der Waals surface area contributed by atoms with Crippen LogP contribution in [-0.2, 0) is 27.3 Å². The van der Waals surface area contributed by atoms with Gasteiger partial charge in [-0.2, -0.15) is 0 Å². The summed E-state index contributed by atoms with van der Waals surface area (Å²) in [5.74, 6) is 0.255. The Morgan fingerprint density at radius 2 is 1.71 bits per heavy atom. The van der Waals surface area contributed by atoms with E-state index in [2.05, 4.69) is 0 Å². The second-order valence-corrected chi connectivity index (χ2v) is 1.06. The van der Waals surface area contributed by atoms with Gasteiger partial charge in [-0.3, -0.25) is 0 Å². The molecule has 3 heteroatoms. The minimum atomic E-state index is 0. The number of hydrogen-bond acceptors (Lipinski definition) is 1. The predicted octanol–water partition coefficient (Wildman–Crippen LogP) is 0.864. The molecule has 0 aliphatic rings. The zero-order chi connectivity index (χ0) is 4.28. The van der Waals surface area contributed by atoms with E-state index in [0.717, 1.165) is 0 Å². The zero-order valence-corrected chi connectivity index (χ0v) is 5.48. The van der Waals surface area contributed by atoms with Crippen molar-refractivity contribution in [3.8, 4) is 0 Å². The Hall–Kier alpha value is 0.149. The largest absolute Gasteiger partial charge is 2.00 e. The molecule has 0 N–H and O–H groups in total. The second-order valence-electron chi connectivity index (χ2n) is 1.06. The molecule has 0 amide bonds. The fourth-order valence-corrected chi connectivity index (χ4v) is 0. The number of ketones is 1. The van der Waals surface area contributed by atoms with Crippen LogP contribution in [0.4, 0.5) is 0 Å². The third kappa shape index (κ3) is 22.9. The molecule has 0 radical (unpaired) electrons. The van der Waals surface area contributed by atoms with E-state index in [4.69, 9.17) is 0 Å². The van der Waals surface area contributed by atoms with Crippen molar-refractivity contribution in [3.05, 3.63) is 0 Å². The molecule has 0 rings (SSSR count). The summed E-state index contributed by atoms with van der Waals surface area (Å²) in [6.07, 6.45) is 0.667. The van der Waals surface area contributed by atoms with Crippen LogP contribution in [-0.4, -0.2) is 5.78 Å². The van der Waals surface area contributed by atoms with E-state index in [1.54, 1.807) is 6.92 Å². The molecule has 0 spiro atoms. The molecule has 0 fully saturated rings. The Morgan fingerprint density at radius 3 is 1.71 bits per heavy atom.